The van der Waals surface area contributed by atoms with Gasteiger partial charge in [0.1, 0.15) is 0 Å². The van der Waals surface area contributed by atoms with Gasteiger partial charge in [0, 0.05) is 11.3 Å². The van der Waals surface area contributed by atoms with Crippen LogP contribution in [0.3, 0.4) is 0 Å². The predicted molar refractivity (Wildman–Crippen MR) is 73.3 cm³/mol. The fraction of sp³-hybridized carbons (Fsp3) is 0.400. The van der Waals surface area contributed by atoms with Crippen molar-refractivity contribution in [3.63, 3.8) is 0 Å². The Morgan fingerprint density at radius 2 is 1.94 bits per heavy atom. The van der Waals surface area contributed by atoms with E-state index in [0.29, 0.717) is 5.78 Å². The third-order valence-electron chi connectivity index (χ3n) is 3.16. The molecule has 1 nitrogen and oxygen atoms in total. The van der Waals surface area contributed by atoms with Crippen LogP contribution in [0.4, 0.5) is 0 Å². The van der Waals surface area contributed by atoms with E-state index in [9.17, 15) is 4.79 Å². The summed E-state index contributed by atoms with van der Waals surface area (Å²) in [4.78, 5) is 12.9. The number of ketones is 1. The van der Waals surface area contributed by atoms with Gasteiger partial charge in [-0.1, -0.05) is 23.8 Å². The Bertz CT molecular complexity index is 420. The first-order valence-electron chi connectivity index (χ1n) is 6.17. The molecule has 0 unspecified atom stereocenters. The number of Topliss-reactive ketones (excluding diaryl/α,β-unsaturated/α-hetero) is 1. The quantitative estimate of drug-likeness (QED) is 0.571. The Labute approximate surface area is 107 Å². The summed E-state index contributed by atoms with van der Waals surface area (Å²) in [7, 11) is 0. The molecule has 0 heterocycles. The van der Waals surface area contributed by atoms with E-state index in [1.54, 1.807) is 0 Å². The van der Waals surface area contributed by atoms with Gasteiger partial charge in [-0.3, -0.25) is 4.79 Å². The van der Waals surface area contributed by atoms with Crippen molar-refractivity contribution >= 4 is 17.5 Å². The van der Waals surface area contributed by atoms with E-state index in [1.165, 1.54) is 10.5 Å². The number of benzene rings is 1. The van der Waals surface area contributed by atoms with Crippen LogP contribution in [0.15, 0.2) is 46.4 Å². The van der Waals surface area contributed by atoms with Gasteiger partial charge in [-0.25, -0.2) is 0 Å². The van der Waals surface area contributed by atoms with E-state index in [2.05, 4.69) is 31.2 Å². The molecule has 1 aromatic carbocycles. The zero-order valence-corrected chi connectivity index (χ0v) is 11.1. The summed E-state index contributed by atoms with van der Waals surface area (Å²) in [5.74, 6) is 1.47. The Morgan fingerprint density at radius 1 is 1.18 bits per heavy atom. The van der Waals surface area contributed by atoms with Crippen LogP contribution in [0.5, 0.6) is 0 Å². The molecule has 1 aliphatic rings. The number of carbonyl (C=O) groups is 1. The Morgan fingerprint density at radius 3 is 2.59 bits per heavy atom. The lowest BCUT2D eigenvalue weighted by Gasteiger charge is -2.03. The fourth-order valence-electron chi connectivity index (χ4n) is 2.15. The van der Waals surface area contributed by atoms with Crippen LogP contribution in [-0.4, -0.2) is 11.5 Å². The predicted octanol–water partition coefficient (Wildman–Crippen LogP) is 4.24. The molecule has 0 N–H and O–H groups in total. The van der Waals surface area contributed by atoms with Crippen LogP contribution in [0.2, 0.25) is 0 Å². The normalized spacial score (nSPS) is 15.7. The summed E-state index contributed by atoms with van der Waals surface area (Å²) in [6.07, 6.45) is 3.79. The maximum Gasteiger partial charge on any atom is 0.159 e. The highest BCUT2D eigenvalue weighted by Crippen LogP contribution is 2.27. The SMILES string of the molecule is CC1=C(CCCSc2ccccc2)C(=O)CC1. The van der Waals surface area contributed by atoms with Gasteiger partial charge in [0.05, 0.1) is 0 Å². The number of thioether (sulfide) groups is 1. The first kappa shape index (κ1) is 12.4. The standard InChI is InChI=1S/C15H18OS/c1-12-9-10-15(16)14(12)8-5-11-17-13-6-3-2-4-7-13/h2-4,6-7H,5,8-11H2,1H3. The maximum absolute atomic E-state index is 11.6. The second kappa shape index (κ2) is 6.06. The van der Waals surface area contributed by atoms with Crippen LogP contribution in [0, 0.1) is 0 Å². The topological polar surface area (TPSA) is 17.1 Å². The van der Waals surface area contributed by atoms with Crippen molar-refractivity contribution in [1.82, 2.24) is 0 Å². The van der Waals surface area contributed by atoms with Crippen LogP contribution >= 0.6 is 11.8 Å². The van der Waals surface area contributed by atoms with Gasteiger partial charge in [-0.05, 0) is 49.6 Å². The lowest BCUT2D eigenvalue weighted by Crippen LogP contribution is -1.97. The van der Waals surface area contributed by atoms with Gasteiger partial charge in [0.25, 0.3) is 0 Å². The average Bonchev–Trinajstić information content (AvgIpc) is 2.67. The Hall–Kier alpha value is -1.02. The van der Waals surface area contributed by atoms with Gasteiger partial charge in [-0.15, -0.1) is 11.8 Å². The Kier molecular flexibility index (Phi) is 4.43. The monoisotopic (exact) mass is 246 g/mol. The van der Waals surface area contributed by atoms with Crippen molar-refractivity contribution in [3.8, 4) is 0 Å². The maximum atomic E-state index is 11.6. The molecule has 2 heteroatoms. The number of hydrogen-bond acceptors (Lipinski definition) is 2. The molecule has 0 saturated carbocycles. The van der Waals surface area contributed by atoms with Crippen molar-refractivity contribution in [2.75, 3.05) is 5.75 Å². The molecule has 1 aliphatic carbocycles. The van der Waals surface area contributed by atoms with Crippen molar-refractivity contribution < 1.29 is 4.79 Å². The molecule has 0 bridgehead atoms. The number of rotatable bonds is 5. The van der Waals surface area contributed by atoms with Crippen LogP contribution in [0.1, 0.15) is 32.6 Å². The smallest absolute Gasteiger partial charge is 0.159 e. The highest BCUT2D eigenvalue weighted by atomic mass is 32.2. The molecule has 0 saturated heterocycles. The molecule has 0 aliphatic heterocycles. The average molecular weight is 246 g/mol. The van der Waals surface area contributed by atoms with Gasteiger partial charge < -0.3 is 0 Å². The first-order chi connectivity index (χ1) is 8.27. The van der Waals surface area contributed by atoms with Crippen LogP contribution < -0.4 is 0 Å². The molecular formula is C15H18OS. The van der Waals surface area contributed by atoms with Gasteiger partial charge in [-0.2, -0.15) is 0 Å². The summed E-state index contributed by atoms with van der Waals surface area (Å²) in [5.41, 5.74) is 2.43. The lowest BCUT2D eigenvalue weighted by atomic mass is 10.1. The van der Waals surface area contributed by atoms with E-state index in [0.717, 1.165) is 37.0 Å². The zero-order valence-electron chi connectivity index (χ0n) is 10.2. The van der Waals surface area contributed by atoms with Crippen LogP contribution in [0.25, 0.3) is 0 Å². The zero-order chi connectivity index (χ0) is 12.1. The van der Waals surface area contributed by atoms with Gasteiger partial charge >= 0.3 is 0 Å². The first-order valence-corrected chi connectivity index (χ1v) is 7.15. The molecule has 90 valence electrons. The third-order valence-corrected chi connectivity index (χ3v) is 4.26. The van der Waals surface area contributed by atoms with Gasteiger partial charge in [0.15, 0.2) is 5.78 Å². The highest BCUT2D eigenvalue weighted by molar-refractivity contribution is 7.99. The molecule has 17 heavy (non-hydrogen) atoms. The largest absolute Gasteiger partial charge is 0.295 e. The number of allylic oxidation sites excluding steroid dienone is 2. The van der Waals surface area contributed by atoms with E-state index < -0.39 is 0 Å². The highest BCUT2D eigenvalue weighted by Gasteiger charge is 2.18. The van der Waals surface area contributed by atoms with E-state index >= 15 is 0 Å². The van der Waals surface area contributed by atoms with Crippen molar-refractivity contribution in [2.24, 2.45) is 0 Å². The summed E-state index contributed by atoms with van der Waals surface area (Å²) in [5, 5.41) is 0. The number of carbonyl (C=O) groups excluding carboxylic acids is 1. The minimum Gasteiger partial charge on any atom is -0.295 e. The second-order valence-corrected chi connectivity index (χ2v) is 5.62. The minimum atomic E-state index is 0.382. The molecule has 0 aromatic heterocycles. The molecule has 0 fully saturated rings. The van der Waals surface area contributed by atoms with Crippen molar-refractivity contribution in [3.05, 3.63) is 41.5 Å². The number of hydrogen-bond donors (Lipinski definition) is 0. The molecule has 0 atom stereocenters. The van der Waals surface area contributed by atoms with E-state index in [4.69, 9.17) is 0 Å². The van der Waals surface area contributed by atoms with E-state index in [-0.39, 0.29) is 0 Å². The van der Waals surface area contributed by atoms with E-state index in [1.807, 2.05) is 17.8 Å². The molecular weight excluding hydrogens is 228 g/mol. The summed E-state index contributed by atoms with van der Waals surface area (Å²) < 4.78 is 0. The summed E-state index contributed by atoms with van der Waals surface area (Å²) >= 11 is 1.87. The molecule has 0 radical (unpaired) electrons. The summed E-state index contributed by atoms with van der Waals surface area (Å²) in [6, 6.07) is 10.4. The molecule has 1 aromatic rings. The van der Waals surface area contributed by atoms with Gasteiger partial charge in [0.2, 0.25) is 0 Å². The minimum absolute atomic E-state index is 0.382. The second-order valence-electron chi connectivity index (χ2n) is 4.45. The van der Waals surface area contributed by atoms with Crippen molar-refractivity contribution in [1.29, 1.82) is 0 Å². The third kappa shape index (κ3) is 3.47. The molecule has 0 spiro atoms. The summed E-state index contributed by atoms with van der Waals surface area (Å²) in [6.45, 7) is 2.10. The van der Waals surface area contributed by atoms with Crippen molar-refractivity contribution in [2.45, 2.75) is 37.5 Å². The lowest BCUT2D eigenvalue weighted by molar-refractivity contribution is -0.115. The molecule has 0 amide bonds. The van der Waals surface area contributed by atoms with Crippen LogP contribution in [-0.2, 0) is 4.79 Å². The Balaban J connectivity index is 1.74. The fourth-order valence-corrected chi connectivity index (χ4v) is 3.02. The molecule has 2 rings (SSSR count).